The summed E-state index contributed by atoms with van der Waals surface area (Å²) in [6.07, 6.45) is 8.13. The number of hydrogen-bond donors (Lipinski definition) is 2. The molecule has 1 aliphatic carbocycles. The number of methoxy groups -OCH3 is 3. The van der Waals surface area contributed by atoms with E-state index in [9.17, 15) is 9.59 Å². The zero-order valence-corrected chi connectivity index (χ0v) is 18.9. The molecule has 2 aliphatic rings. The molecule has 1 aromatic rings. The third kappa shape index (κ3) is 6.18. The fourth-order valence-corrected chi connectivity index (χ4v) is 4.49. The molecular formula is C23H35N3O5. The van der Waals surface area contributed by atoms with Gasteiger partial charge in [0, 0.05) is 37.7 Å². The standard InChI is InChI=1S/C23H35N3O5/c1-29-19-14-18(15-20(30-2)22(19)31-3)25-23(28)26-11-9-16(10-12-26)13-21(27)24-17-7-5-4-6-8-17/h14-17H,4-13H2,1-3H3,(H,24,27)(H,25,28). The van der Waals surface area contributed by atoms with E-state index in [0.29, 0.717) is 54.4 Å². The Kier molecular flexibility index (Phi) is 8.26. The lowest BCUT2D eigenvalue weighted by atomic mass is 9.92. The van der Waals surface area contributed by atoms with Crippen molar-refractivity contribution in [2.75, 3.05) is 39.7 Å². The number of urea groups is 1. The molecule has 2 N–H and O–H groups in total. The van der Waals surface area contributed by atoms with Crippen LogP contribution in [0.5, 0.6) is 17.2 Å². The number of piperidine rings is 1. The van der Waals surface area contributed by atoms with Gasteiger partial charge in [0.25, 0.3) is 0 Å². The molecule has 0 radical (unpaired) electrons. The van der Waals surface area contributed by atoms with Crippen molar-refractivity contribution in [2.24, 2.45) is 5.92 Å². The first-order valence-corrected chi connectivity index (χ1v) is 11.2. The van der Waals surface area contributed by atoms with E-state index in [2.05, 4.69) is 10.6 Å². The molecule has 0 spiro atoms. The van der Waals surface area contributed by atoms with Gasteiger partial charge in [0.1, 0.15) is 0 Å². The van der Waals surface area contributed by atoms with Gasteiger partial charge in [-0.1, -0.05) is 19.3 Å². The SMILES string of the molecule is COc1cc(NC(=O)N2CCC(CC(=O)NC3CCCCC3)CC2)cc(OC)c1OC. The first-order valence-electron chi connectivity index (χ1n) is 11.2. The van der Waals surface area contributed by atoms with E-state index in [-0.39, 0.29) is 11.9 Å². The minimum absolute atomic E-state index is 0.159. The Labute approximate surface area is 184 Å². The van der Waals surface area contributed by atoms with Gasteiger partial charge in [-0.25, -0.2) is 4.79 Å². The van der Waals surface area contributed by atoms with E-state index >= 15 is 0 Å². The van der Waals surface area contributed by atoms with Gasteiger partial charge in [-0.2, -0.15) is 0 Å². The first-order chi connectivity index (χ1) is 15.0. The van der Waals surface area contributed by atoms with Crippen molar-refractivity contribution in [3.63, 3.8) is 0 Å². The van der Waals surface area contributed by atoms with Crippen LogP contribution in [0.25, 0.3) is 0 Å². The summed E-state index contributed by atoms with van der Waals surface area (Å²) in [4.78, 5) is 26.9. The van der Waals surface area contributed by atoms with E-state index in [4.69, 9.17) is 14.2 Å². The monoisotopic (exact) mass is 433 g/mol. The van der Waals surface area contributed by atoms with E-state index in [0.717, 1.165) is 25.7 Å². The van der Waals surface area contributed by atoms with Gasteiger partial charge < -0.3 is 29.7 Å². The molecule has 2 fully saturated rings. The molecule has 1 heterocycles. The van der Waals surface area contributed by atoms with Crippen LogP contribution in [-0.4, -0.2) is 57.3 Å². The third-order valence-electron chi connectivity index (χ3n) is 6.26. The number of nitrogens with zero attached hydrogens (tertiary/aromatic N) is 1. The van der Waals surface area contributed by atoms with Crippen molar-refractivity contribution in [1.29, 1.82) is 0 Å². The van der Waals surface area contributed by atoms with Gasteiger partial charge in [0.05, 0.1) is 27.0 Å². The maximum Gasteiger partial charge on any atom is 0.321 e. The number of carbonyl (C=O) groups is 2. The number of carbonyl (C=O) groups excluding carboxylic acids is 2. The second-order valence-electron chi connectivity index (χ2n) is 8.38. The summed E-state index contributed by atoms with van der Waals surface area (Å²) in [5, 5.41) is 6.11. The second kappa shape index (κ2) is 11.1. The maximum atomic E-state index is 12.7. The quantitative estimate of drug-likeness (QED) is 0.683. The summed E-state index contributed by atoms with van der Waals surface area (Å²) in [7, 11) is 4.62. The number of likely N-dealkylation sites (tertiary alicyclic amines) is 1. The van der Waals surface area contributed by atoms with Crippen molar-refractivity contribution in [3.05, 3.63) is 12.1 Å². The van der Waals surface area contributed by atoms with E-state index in [1.54, 1.807) is 17.0 Å². The predicted octanol–water partition coefficient (Wildman–Crippen LogP) is 3.80. The largest absolute Gasteiger partial charge is 0.493 e. The summed E-state index contributed by atoms with van der Waals surface area (Å²) < 4.78 is 16.0. The smallest absolute Gasteiger partial charge is 0.321 e. The minimum atomic E-state index is -0.167. The van der Waals surface area contributed by atoms with Gasteiger partial charge in [-0.05, 0) is 31.6 Å². The Balaban J connectivity index is 1.48. The lowest BCUT2D eigenvalue weighted by molar-refractivity contribution is -0.123. The second-order valence-corrected chi connectivity index (χ2v) is 8.38. The van der Waals surface area contributed by atoms with E-state index < -0.39 is 0 Å². The number of amides is 3. The summed E-state index contributed by atoms with van der Waals surface area (Å²) in [5.41, 5.74) is 0.577. The Bertz CT molecular complexity index is 731. The summed E-state index contributed by atoms with van der Waals surface area (Å²) in [6, 6.07) is 3.61. The Morgan fingerprint density at radius 1 is 0.935 bits per heavy atom. The van der Waals surface area contributed by atoms with Crippen LogP contribution in [0.2, 0.25) is 0 Å². The van der Waals surface area contributed by atoms with Crippen molar-refractivity contribution in [1.82, 2.24) is 10.2 Å². The minimum Gasteiger partial charge on any atom is -0.493 e. The molecule has 3 amide bonds. The van der Waals surface area contributed by atoms with Crippen LogP contribution in [0.1, 0.15) is 51.4 Å². The highest BCUT2D eigenvalue weighted by Gasteiger charge is 2.26. The van der Waals surface area contributed by atoms with Crippen molar-refractivity contribution in [2.45, 2.75) is 57.4 Å². The van der Waals surface area contributed by atoms with Crippen molar-refractivity contribution >= 4 is 17.6 Å². The lowest BCUT2D eigenvalue weighted by Gasteiger charge is -2.32. The Hall–Kier alpha value is -2.64. The third-order valence-corrected chi connectivity index (χ3v) is 6.26. The molecule has 3 rings (SSSR count). The molecule has 0 bridgehead atoms. The fraction of sp³-hybridized carbons (Fsp3) is 0.652. The van der Waals surface area contributed by atoms with Crippen LogP contribution in [0.4, 0.5) is 10.5 Å². The number of nitrogens with one attached hydrogen (secondary N) is 2. The average Bonchev–Trinajstić information content (AvgIpc) is 2.79. The van der Waals surface area contributed by atoms with E-state index in [1.807, 2.05) is 0 Å². The molecule has 0 unspecified atom stereocenters. The first kappa shape index (κ1) is 23.0. The van der Waals surface area contributed by atoms with Crippen LogP contribution < -0.4 is 24.8 Å². The number of ether oxygens (including phenoxy) is 3. The summed E-state index contributed by atoms with van der Waals surface area (Å²) >= 11 is 0. The van der Waals surface area contributed by atoms with Crippen molar-refractivity contribution in [3.8, 4) is 17.2 Å². The Morgan fingerprint density at radius 2 is 1.55 bits per heavy atom. The van der Waals surface area contributed by atoms with E-state index in [1.165, 1.54) is 40.6 Å². The van der Waals surface area contributed by atoms with Crippen LogP contribution >= 0.6 is 0 Å². The maximum absolute atomic E-state index is 12.7. The molecular weight excluding hydrogens is 398 g/mol. The number of anilines is 1. The highest BCUT2D eigenvalue weighted by molar-refractivity contribution is 5.90. The molecule has 1 aromatic carbocycles. The number of benzene rings is 1. The molecule has 8 heteroatoms. The van der Waals surface area contributed by atoms with Crippen LogP contribution in [0, 0.1) is 5.92 Å². The lowest BCUT2D eigenvalue weighted by Crippen LogP contribution is -2.42. The van der Waals surface area contributed by atoms with Crippen LogP contribution in [0.15, 0.2) is 12.1 Å². The predicted molar refractivity (Wildman–Crippen MR) is 119 cm³/mol. The van der Waals surface area contributed by atoms with Gasteiger partial charge in [0.15, 0.2) is 11.5 Å². The van der Waals surface area contributed by atoms with Gasteiger partial charge in [-0.15, -0.1) is 0 Å². The van der Waals surface area contributed by atoms with Gasteiger partial charge in [0.2, 0.25) is 11.7 Å². The topological polar surface area (TPSA) is 89.1 Å². The highest BCUT2D eigenvalue weighted by Crippen LogP contribution is 2.40. The molecule has 0 atom stereocenters. The molecule has 8 nitrogen and oxygen atoms in total. The molecule has 1 aliphatic heterocycles. The van der Waals surface area contributed by atoms with Crippen molar-refractivity contribution < 1.29 is 23.8 Å². The zero-order valence-electron chi connectivity index (χ0n) is 18.9. The van der Waals surface area contributed by atoms with Gasteiger partial charge in [-0.3, -0.25) is 4.79 Å². The zero-order chi connectivity index (χ0) is 22.2. The highest BCUT2D eigenvalue weighted by atomic mass is 16.5. The summed E-state index contributed by atoms with van der Waals surface area (Å²) in [6.45, 7) is 1.27. The van der Waals surface area contributed by atoms with Crippen LogP contribution in [-0.2, 0) is 4.79 Å². The summed E-state index contributed by atoms with van der Waals surface area (Å²) in [5.74, 6) is 1.94. The molecule has 1 saturated carbocycles. The molecule has 31 heavy (non-hydrogen) atoms. The molecule has 1 saturated heterocycles. The van der Waals surface area contributed by atoms with Gasteiger partial charge >= 0.3 is 6.03 Å². The fourth-order valence-electron chi connectivity index (χ4n) is 4.49. The average molecular weight is 434 g/mol. The Morgan fingerprint density at radius 3 is 2.10 bits per heavy atom. The molecule has 0 aromatic heterocycles. The number of hydrogen-bond acceptors (Lipinski definition) is 5. The molecule has 172 valence electrons. The van der Waals surface area contributed by atoms with Crippen LogP contribution in [0.3, 0.4) is 0 Å². The number of rotatable bonds is 7. The normalized spacial score (nSPS) is 17.7.